The number of alkyl halides is 1. The first kappa shape index (κ1) is 28.3. The van der Waals surface area contributed by atoms with Gasteiger partial charge in [-0.3, -0.25) is 19.4 Å². The van der Waals surface area contributed by atoms with Gasteiger partial charge in [0.2, 0.25) is 5.91 Å². The van der Waals surface area contributed by atoms with Gasteiger partial charge in [-0.1, -0.05) is 48.5 Å². The van der Waals surface area contributed by atoms with Crippen molar-refractivity contribution >= 4 is 39.3 Å². The van der Waals surface area contributed by atoms with Gasteiger partial charge in [-0.05, 0) is 78.4 Å². The van der Waals surface area contributed by atoms with Crippen molar-refractivity contribution in [3.05, 3.63) is 102 Å². The molecule has 3 aromatic carbocycles. The van der Waals surface area contributed by atoms with E-state index in [9.17, 15) is 18.8 Å². The van der Waals surface area contributed by atoms with Crippen molar-refractivity contribution in [3.63, 3.8) is 0 Å². The van der Waals surface area contributed by atoms with E-state index in [1.807, 2.05) is 55.5 Å². The fourth-order valence-electron chi connectivity index (χ4n) is 6.11. The highest BCUT2D eigenvalue weighted by molar-refractivity contribution is 6.07. The van der Waals surface area contributed by atoms with Gasteiger partial charge in [0, 0.05) is 35.0 Å². The number of primary amides is 1. The van der Waals surface area contributed by atoms with Crippen LogP contribution in [0.1, 0.15) is 41.0 Å². The maximum absolute atomic E-state index is 14.5. The molecule has 2 atom stereocenters. The number of ketones is 1. The summed E-state index contributed by atoms with van der Waals surface area (Å²) in [6, 6.07) is 24.8. The SMILES string of the molecule is Cc1cccc(CC(=O)[C@@H]2CCC(F)CCN2C(=O)Cn2cc(C(N)=O)c3cc(-c4ccc5ccccc5c4)ccc32)n1. The lowest BCUT2D eigenvalue weighted by Crippen LogP contribution is -2.46. The Morgan fingerprint density at radius 3 is 2.47 bits per heavy atom. The van der Waals surface area contributed by atoms with Gasteiger partial charge in [0.15, 0.2) is 5.78 Å². The molecule has 2 amide bonds. The van der Waals surface area contributed by atoms with Crippen molar-refractivity contribution in [2.24, 2.45) is 5.73 Å². The number of rotatable bonds is 7. The number of halogens is 1. The molecule has 8 heteroatoms. The molecule has 0 aliphatic carbocycles. The fraction of sp³-hybridized carbons (Fsp3) is 0.257. The van der Waals surface area contributed by atoms with E-state index in [4.69, 9.17) is 5.73 Å². The van der Waals surface area contributed by atoms with Gasteiger partial charge in [-0.2, -0.15) is 0 Å². The quantitative estimate of drug-likeness (QED) is 0.265. The number of pyridine rings is 1. The molecule has 2 N–H and O–H groups in total. The van der Waals surface area contributed by atoms with Crippen LogP contribution < -0.4 is 5.73 Å². The Labute approximate surface area is 249 Å². The molecule has 218 valence electrons. The molecule has 7 nitrogen and oxygen atoms in total. The normalized spacial score (nSPS) is 17.2. The third kappa shape index (κ3) is 5.91. The van der Waals surface area contributed by atoms with Gasteiger partial charge in [-0.25, -0.2) is 4.39 Å². The van der Waals surface area contributed by atoms with Crippen LogP contribution in [0.25, 0.3) is 32.8 Å². The minimum atomic E-state index is -1.08. The van der Waals surface area contributed by atoms with E-state index in [1.54, 1.807) is 16.8 Å². The molecular formula is C35H33FN4O3. The zero-order valence-electron chi connectivity index (χ0n) is 24.0. The van der Waals surface area contributed by atoms with Crippen LogP contribution in [0, 0.1) is 6.92 Å². The highest BCUT2D eigenvalue weighted by atomic mass is 19.1. The number of hydrogen-bond acceptors (Lipinski definition) is 4. The molecule has 5 aromatic rings. The number of benzene rings is 3. The number of likely N-dealkylation sites (tertiary alicyclic amines) is 1. The fourth-order valence-corrected chi connectivity index (χ4v) is 6.11. The highest BCUT2D eigenvalue weighted by Crippen LogP contribution is 2.31. The third-order valence-electron chi connectivity index (χ3n) is 8.34. The number of hydrogen-bond donors (Lipinski definition) is 1. The van der Waals surface area contributed by atoms with E-state index < -0.39 is 18.1 Å². The second kappa shape index (κ2) is 11.8. The second-order valence-corrected chi connectivity index (χ2v) is 11.3. The number of fused-ring (bicyclic) bond motifs is 2. The molecule has 1 unspecified atom stereocenters. The van der Waals surface area contributed by atoms with E-state index in [0.717, 1.165) is 27.6 Å². The van der Waals surface area contributed by atoms with Crippen LogP contribution in [0.3, 0.4) is 0 Å². The predicted molar refractivity (Wildman–Crippen MR) is 165 cm³/mol. The number of nitrogens with two attached hydrogens (primary N) is 1. The van der Waals surface area contributed by atoms with Crippen LogP contribution >= 0.6 is 0 Å². The molecule has 0 spiro atoms. The van der Waals surface area contributed by atoms with Gasteiger partial charge in [0.05, 0.1) is 18.0 Å². The molecule has 1 aliphatic heterocycles. The van der Waals surface area contributed by atoms with Crippen LogP contribution in [-0.4, -0.2) is 50.8 Å². The number of aryl methyl sites for hydroxylation is 1. The summed E-state index contributed by atoms with van der Waals surface area (Å²) in [6.45, 7) is 1.89. The molecule has 1 fully saturated rings. The summed E-state index contributed by atoms with van der Waals surface area (Å²) in [6.07, 6.45) is 1.24. The standard InChI is InChI=1S/C35H33FN4O3/c1-22-5-4-8-28(38-22)19-33(41)32-14-12-27(36)15-16-40(32)34(42)21-39-20-30(35(37)43)29-18-26(11-13-31(29)39)25-10-9-23-6-2-3-7-24(23)17-25/h2-11,13,17-18,20,27,32H,12,14-16,19,21H2,1H3,(H2,37,43)/t27?,32-/m0/s1. The maximum atomic E-state index is 14.5. The molecular weight excluding hydrogens is 543 g/mol. The molecule has 0 bridgehead atoms. The van der Waals surface area contributed by atoms with Crippen LogP contribution in [0.2, 0.25) is 0 Å². The van der Waals surface area contributed by atoms with Crippen molar-refractivity contribution in [2.45, 2.75) is 51.4 Å². The van der Waals surface area contributed by atoms with Crippen LogP contribution in [0.5, 0.6) is 0 Å². The number of aromatic nitrogens is 2. The van der Waals surface area contributed by atoms with Crippen molar-refractivity contribution in [1.29, 1.82) is 0 Å². The minimum Gasteiger partial charge on any atom is -0.366 e. The molecule has 1 saturated heterocycles. The van der Waals surface area contributed by atoms with E-state index in [0.29, 0.717) is 22.2 Å². The van der Waals surface area contributed by atoms with E-state index in [2.05, 4.69) is 29.2 Å². The summed E-state index contributed by atoms with van der Waals surface area (Å²) in [5.41, 5.74) is 10.1. The first-order valence-corrected chi connectivity index (χ1v) is 14.6. The number of nitrogens with zero attached hydrogens (tertiary/aromatic N) is 3. The summed E-state index contributed by atoms with van der Waals surface area (Å²) in [5.74, 6) is -1.06. The van der Waals surface area contributed by atoms with Crippen molar-refractivity contribution in [1.82, 2.24) is 14.5 Å². The van der Waals surface area contributed by atoms with Gasteiger partial charge in [-0.15, -0.1) is 0 Å². The lowest BCUT2D eigenvalue weighted by atomic mass is 9.99. The second-order valence-electron chi connectivity index (χ2n) is 11.3. The maximum Gasteiger partial charge on any atom is 0.250 e. The Morgan fingerprint density at radius 1 is 0.907 bits per heavy atom. The summed E-state index contributed by atoms with van der Waals surface area (Å²) in [4.78, 5) is 45.6. The Hall–Kier alpha value is -4.85. The first-order chi connectivity index (χ1) is 20.8. The largest absolute Gasteiger partial charge is 0.366 e. The predicted octanol–water partition coefficient (Wildman–Crippen LogP) is 5.79. The Morgan fingerprint density at radius 2 is 1.67 bits per heavy atom. The molecule has 3 heterocycles. The number of Topliss-reactive ketones (excluding diaryl/α,β-unsaturated/α-hetero) is 1. The topological polar surface area (TPSA) is 98.3 Å². The summed E-state index contributed by atoms with van der Waals surface area (Å²) >= 11 is 0. The van der Waals surface area contributed by atoms with Crippen molar-refractivity contribution in [2.75, 3.05) is 6.54 Å². The molecule has 6 rings (SSSR count). The van der Waals surface area contributed by atoms with Crippen LogP contribution in [0.15, 0.2) is 85.1 Å². The van der Waals surface area contributed by atoms with Gasteiger partial charge in [0.1, 0.15) is 12.7 Å². The zero-order valence-corrected chi connectivity index (χ0v) is 24.0. The van der Waals surface area contributed by atoms with Crippen molar-refractivity contribution < 1.29 is 18.8 Å². The molecule has 0 saturated carbocycles. The molecule has 43 heavy (non-hydrogen) atoms. The molecule has 2 aromatic heterocycles. The summed E-state index contributed by atoms with van der Waals surface area (Å²) in [5, 5.41) is 2.88. The number of carbonyl (C=O) groups excluding carboxylic acids is 3. The highest BCUT2D eigenvalue weighted by Gasteiger charge is 2.33. The van der Waals surface area contributed by atoms with Crippen LogP contribution in [0.4, 0.5) is 4.39 Å². The first-order valence-electron chi connectivity index (χ1n) is 14.6. The number of amides is 2. The zero-order chi connectivity index (χ0) is 30.1. The minimum absolute atomic E-state index is 0.0723. The van der Waals surface area contributed by atoms with Gasteiger partial charge in [0.25, 0.3) is 5.91 Å². The Kier molecular flexibility index (Phi) is 7.76. The van der Waals surface area contributed by atoms with Gasteiger partial charge < -0.3 is 15.2 Å². The van der Waals surface area contributed by atoms with E-state index in [-0.39, 0.29) is 50.5 Å². The van der Waals surface area contributed by atoms with E-state index >= 15 is 0 Å². The Bertz CT molecular complexity index is 1860. The molecule has 0 radical (unpaired) electrons. The van der Waals surface area contributed by atoms with Crippen molar-refractivity contribution in [3.8, 4) is 11.1 Å². The van der Waals surface area contributed by atoms with Gasteiger partial charge >= 0.3 is 0 Å². The lowest BCUT2D eigenvalue weighted by Gasteiger charge is -2.29. The van der Waals surface area contributed by atoms with Crippen LogP contribution in [-0.2, 0) is 22.6 Å². The average molecular weight is 577 g/mol. The molecule has 1 aliphatic rings. The monoisotopic (exact) mass is 576 g/mol. The third-order valence-corrected chi connectivity index (χ3v) is 8.34. The Balaban J connectivity index is 1.30. The lowest BCUT2D eigenvalue weighted by molar-refractivity contribution is -0.139. The average Bonchev–Trinajstić information content (AvgIpc) is 3.23. The number of carbonyl (C=O) groups is 3. The summed E-state index contributed by atoms with van der Waals surface area (Å²) < 4.78 is 16.2. The van der Waals surface area contributed by atoms with E-state index in [1.165, 1.54) is 4.90 Å². The smallest absolute Gasteiger partial charge is 0.250 e. The summed E-state index contributed by atoms with van der Waals surface area (Å²) in [7, 11) is 0.